The van der Waals surface area contributed by atoms with Crippen molar-refractivity contribution >= 4 is 48.5 Å². The molecule has 7 heteroatoms. The highest BCUT2D eigenvalue weighted by atomic mass is 32.1. The number of aromatic nitrogens is 6. The van der Waals surface area contributed by atoms with E-state index in [1.807, 2.05) is 72.8 Å². The summed E-state index contributed by atoms with van der Waals surface area (Å²) in [6, 6.07) is 45.1. The Morgan fingerprint density at radius 2 is 1.00 bits per heavy atom. The van der Waals surface area contributed by atoms with Gasteiger partial charge >= 0.3 is 0 Å². The zero-order chi connectivity index (χ0) is 29.0. The van der Waals surface area contributed by atoms with E-state index in [2.05, 4.69) is 65.1 Å². The van der Waals surface area contributed by atoms with E-state index in [4.69, 9.17) is 24.9 Å². The molecule has 0 N–H and O–H groups in total. The summed E-state index contributed by atoms with van der Waals surface area (Å²) in [7, 11) is 0. The number of hydrogen-bond acceptors (Lipinski definition) is 6. The first-order valence-corrected chi connectivity index (χ1v) is 15.2. The molecule has 6 nitrogen and oxygen atoms in total. The van der Waals surface area contributed by atoms with Crippen molar-refractivity contribution in [3.63, 3.8) is 0 Å². The van der Waals surface area contributed by atoms with E-state index in [1.165, 1.54) is 4.70 Å². The number of rotatable bonds is 4. The van der Waals surface area contributed by atoms with Crippen molar-refractivity contribution in [2.45, 2.75) is 0 Å². The minimum atomic E-state index is 0.622. The zero-order valence-corrected chi connectivity index (χ0v) is 24.1. The normalized spacial score (nSPS) is 11.6. The van der Waals surface area contributed by atoms with Gasteiger partial charge in [0.2, 0.25) is 0 Å². The number of benzene rings is 5. The highest BCUT2D eigenvalue weighted by molar-refractivity contribution is 7.23. The maximum Gasteiger partial charge on any atom is 0.195 e. The van der Waals surface area contributed by atoms with Gasteiger partial charge < -0.3 is 0 Å². The molecule has 0 saturated heterocycles. The van der Waals surface area contributed by atoms with Crippen LogP contribution in [0.4, 0.5) is 0 Å². The van der Waals surface area contributed by atoms with Crippen LogP contribution in [-0.4, -0.2) is 29.3 Å². The molecule has 0 unspecified atom stereocenters. The van der Waals surface area contributed by atoms with Crippen LogP contribution in [0.5, 0.6) is 0 Å². The summed E-state index contributed by atoms with van der Waals surface area (Å²) in [5.74, 6) is 1.90. The minimum absolute atomic E-state index is 0.622. The van der Waals surface area contributed by atoms with Gasteiger partial charge in [-0.3, -0.25) is 4.40 Å². The molecule has 0 aliphatic rings. The van der Waals surface area contributed by atoms with Crippen molar-refractivity contribution in [1.82, 2.24) is 29.3 Å². The lowest BCUT2D eigenvalue weighted by Crippen LogP contribution is -2.00. The molecule has 4 heterocycles. The molecule has 0 aliphatic heterocycles. The molecule has 44 heavy (non-hydrogen) atoms. The van der Waals surface area contributed by atoms with Gasteiger partial charge in [-0.1, -0.05) is 127 Å². The van der Waals surface area contributed by atoms with Crippen LogP contribution in [0.3, 0.4) is 0 Å². The monoisotopic (exact) mass is 582 g/mol. The Bertz CT molecular complexity index is 2420. The smallest absolute Gasteiger partial charge is 0.195 e. The van der Waals surface area contributed by atoms with Crippen molar-refractivity contribution in [3.8, 4) is 45.4 Å². The summed E-state index contributed by atoms with van der Waals surface area (Å²) in [6.45, 7) is 0. The third kappa shape index (κ3) is 3.98. The minimum Gasteiger partial charge on any atom is -0.281 e. The number of para-hydroxylation sites is 2. The number of thiazole rings is 1. The lowest BCUT2D eigenvalue weighted by atomic mass is 10.0. The molecule has 0 fully saturated rings. The van der Waals surface area contributed by atoms with Crippen LogP contribution in [-0.2, 0) is 0 Å². The molecule has 0 aliphatic carbocycles. The molecular weight excluding hydrogens is 561 g/mol. The summed E-state index contributed by atoms with van der Waals surface area (Å²) in [4.78, 5) is 25.9. The van der Waals surface area contributed by atoms with Crippen molar-refractivity contribution < 1.29 is 0 Å². The first-order chi connectivity index (χ1) is 21.8. The number of pyridine rings is 1. The largest absolute Gasteiger partial charge is 0.281 e. The number of fused-ring (bicyclic) bond motifs is 7. The predicted octanol–water partition coefficient (Wildman–Crippen LogP) is 9.10. The van der Waals surface area contributed by atoms with E-state index >= 15 is 0 Å². The van der Waals surface area contributed by atoms with E-state index in [0.29, 0.717) is 17.5 Å². The van der Waals surface area contributed by atoms with Crippen LogP contribution >= 0.6 is 11.3 Å². The van der Waals surface area contributed by atoms with E-state index in [0.717, 1.165) is 60.4 Å². The van der Waals surface area contributed by atoms with Crippen LogP contribution in [0, 0.1) is 0 Å². The first-order valence-electron chi connectivity index (χ1n) is 14.4. The summed E-state index contributed by atoms with van der Waals surface area (Å²) in [5, 5.41) is 1.05. The van der Waals surface area contributed by atoms with E-state index in [1.54, 1.807) is 11.3 Å². The lowest BCUT2D eigenvalue weighted by Gasteiger charge is -2.10. The van der Waals surface area contributed by atoms with Crippen LogP contribution in [0.1, 0.15) is 0 Å². The predicted molar refractivity (Wildman–Crippen MR) is 179 cm³/mol. The Labute approximate surface area is 256 Å². The second-order valence-electron chi connectivity index (χ2n) is 10.6. The number of imidazole rings is 1. The Morgan fingerprint density at radius 3 is 1.68 bits per heavy atom. The van der Waals surface area contributed by atoms with Gasteiger partial charge in [0.25, 0.3) is 0 Å². The molecule has 9 rings (SSSR count). The molecule has 206 valence electrons. The SMILES string of the molecule is c1ccc(-c2nc(-c3ccccc3)nc(-c3ccc(-c4nc5ccccc5c5nc6sc7ccccc7n6c45)cc3)n2)cc1. The molecule has 5 aromatic carbocycles. The van der Waals surface area contributed by atoms with Crippen LogP contribution < -0.4 is 0 Å². The summed E-state index contributed by atoms with van der Waals surface area (Å²) >= 11 is 1.70. The fourth-order valence-corrected chi connectivity index (χ4v) is 6.81. The van der Waals surface area contributed by atoms with Crippen molar-refractivity contribution in [1.29, 1.82) is 0 Å². The highest BCUT2D eigenvalue weighted by Gasteiger charge is 2.20. The molecule has 0 spiro atoms. The van der Waals surface area contributed by atoms with Gasteiger partial charge in [-0.15, -0.1) is 0 Å². The molecule has 0 radical (unpaired) electrons. The second kappa shape index (κ2) is 9.90. The average Bonchev–Trinajstić information content (AvgIpc) is 3.65. The maximum atomic E-state index is 5.19. The van der Waals surface area contributed by atoms with Crippen LogP contribution in [0.2, 0.25) is 0 Å². The quantitative estimate of drug-likeness (QED) is 0.207. The zero-order valence-electron chi connectivity index (χ0n) is 23.3. The lowest BCUT2D eigenvalue weighted by molar-refractivity contribution is 1.07. The van der Waals surface area contributed by atoms with Gasteiger partial charge in [0.1, 0.15) is 11.0 Å². The van der Waals surface area contributed by atoms with Crippen LogP contribution in [0.15, 0.2) is 133 Å². The molecular formula is C37H22N6S. The topological polar surface area (TPSA) is 68.9 Å². The second-order valence-corrected chi connectivity index (χ2v) is 11.6. The van der Waals surface area contributed by atoms with E-state index in [-0.39, 0.29) is 0 Å². The number of nitrogens with zero attached hydrogens (tertiary/aromatic N) is 6. The van der Waals surface area contributed by atoms with Gasteiger partial charge in [-0.05, 0) is 18.2 Å². The first kappa shape index (κ1) is 24.8. The standard InChI is InChI=1S/C37H22N6S/c1-3-11-24(12-4-1)34-40-35(25-13-5-2-6-14-25)42-36(41-34)26-21-19-23(20-22-26)31-33-32(27-15-7-8-16-28(27)38-31)39-37-43(33)29-17-9-10-18-30(29)44-37/h1-22H. The molecule has 9 aromatic rings. The Kier molecular flexibility index (Phi) is 5.57. The van der Waals surface area contributed by atoms with E-state index in [9.17, 15) is 0 Å². The third-order valence-electron chi connectivity index (χ3n) is 7.89. The Hall–Kier alpha value is -5.79. The Morgan fingerprint density at radius 1 is 0.455 bits per heavy atom. The van der Waals surface area contributed by atoms with Crippen molar-refractivity contribution in [3.05, 3.63) is 133 Å². The summed E-state index contributed by atoms with van der Waals surface area (Å²) < 4.78 is 3.45. The fraction of sp³-hybridized carbons (Fsp3) is 0. The fourth-order valence-electron chi connectivity index (χ4n) is 5.79. The van der Waals surface area contributed by atoms with Gasteiger partial charge in [0.05, 0.1) is 21.4 Å². The summed E-state index contributed by atoms with van der Waals surface area (Å²) in [6.07, 6.45) is 0. The molecule has 0 bridgehead atoms. The van der Waals surface area contributed by atoms with Gasteiger partial charge in [-0.25, -0.2) is 24.9 Å². The van der Waals surface area contributed by atoms with Gasteiger partial charge in [0, 0.05) is 27.6 Å². The Balaban J connectivity index is 1.23. The van der Waals surface area contributed by atoms with Gasteiger partial charge in [-0.2, -0.15) is 0 Å². The summed E-state index contributed by atoms with van der Waals surface area (Å²) in [5.41, 5.74) is 8.73. The van der Waals surface area contributed by atoms with E-state index < -0.39 is 0 Å². The van der Waals surface area contributed by atoms with Crippen LogP contribution in [0.25, 0.3) is 82.5 Å². The molecule has 0 amide bonds. The molecule has 0 saturated carbocycles. The third-order valence-corrected chi connectivity index (χ3v) is 8.91. The van der Waals surface area contributed by atoms with Crippen molar-refractivity contribution in [2.24, 2.45) is 0 Å². The molecule has 0 atom stereocenters. The molecule has 4 aromatic heterocycles. The number of hydrogen-bond donors (Lipinski definition) is 0. The van der Waals surface area contributed by atoms with Gasteiger partial charge in [0.15, 0.2) is 22.4 Å². The average molecular weight is 583 g/mol. The highest BCUT2D eigenvalue weighted by Crippen LogP contribution is 2.38. The maximum absolute atomic E-state index is 5.19. The van der Waals surface area contributed by atoms with Crippen molar-refractivity contribution in [2.75, 3.05) is 0 Å².